The number of amides is 2. The number of carbonyl (C=O) groups is 2. The van der Waals surface area contributed by atoms with E-state index in [-0.39, 0.29) is 23.9 Å². The summed E-state index contributed by atoms with van der Waals surface area (Å²) in [4.78, 5) is 29.0. The van der Waals surface area contributed by atoms with Gasteiger partial charge in [-0.05, 0) is 12.1 Å². The molecule has 1 fully saturated rings. The Hall–Kier alpha value is -2.15. The number of piperazine rings is 1. The van der Waals surface area contributed by atoms with Crippen molar-refractivity contribution in [3.05, 3.63) is 24.0 Å². The molecule has 0 bridgehead atoms. The fourth-order valence-corrected chi connectivity index (χ4v) is 1.84. The summed E-state index contributed by atoms with van der Waals surface area (Å²) in [6.45, 7) is 2.73. The summed E-state index contributed by atoms with van der Waals surface area (Å²) >= 11 is 0. The molecule has 1 aromatic heterocycles. The van der Waals surface area contributed by atoms with Gasteiger partial charge in [0.15, 0.2) is 5.69 Å². The van der Waals surface area contributed by atoms with Crippen LogP contribution in [0, 0.1) is 0 Å². The molecule has 2 rings (SSSR count). The number of hydrogen-bond donors (Lipinski definition) is 3. The van der Waals surface area contributed by atoms with Gasteiger partial charge >= 0.3 is 0 Å². The van der Waals surface area contributed by atoms with Gasteiger partial charge in [-0.15, -0.1) is 0 Å². The number of aromatic nitrogens is 1. The molecular formula is C12H16N4O3. The van der Waals surface area contributed by atoms with Crippen molar-refractivity contribution >= 4 is 11.8 Å². The Labute approximate surface area is 110 Å². The van der Waals surface area contributed by atoms with Crippen LogP contribution in [0.25, 0.3) is 0 Å². The van der Waals surface area contributed by atoms with E-state index < -0.39 is 5.91 Å². The molecule has 0 spiro atoms. The van der Waals surface area contributed by atoms with Crippen LogP contribution in [0.15, 0.2) is 18.3 Å². The van der Waals surface area contributed by atoms with E-state index in [0.717, 1.165) is 13.1 Å². The highest BCUT2D eigenvalue weighted by Gasteiger charge is 2.18. The lowest BCUT2D eigenvalue weighted by atomic mass is 10.3. The quantitative estimate of drug-likeness (QED) is 0.647. The van der Waals surface area contributed by atoms with Crippen LogP contribution in [-0.2, 0) is 4.79 Å². The molecule has 3 N–H and O–H groups in total. The van der Waals surface area contributed by atoms with Gasteiger partial charge in [0.05, 0.1) is 6.54 Å². The zero-order valence-electron chi connectivity index (χ0n) is 10.4. The predicted octanol–water partition coefficient (Wildman–Crippen LogP) is -1.05. The molecule has 1 aliphatic rings. The first-order chi connectivity index (χ1) is 9.18. The minimum absolute atomic E-state index is 0.0735. The fraction of sp³-hybridized carbons (Fsp3) is 0.417. The first-order valence-electron chi connectivity index (χ1n) is 6.09. The topological polar surface area (TPSA) is 94.6 Å². The molecule has 0 unspecified atom stereocenters. The summed E-state index contributed by atoms with van der Waals surface area (Å²) in [7, 11) is 0. The zero-order valence-corrected chi connectivity index (χ0v) is 10.4. The standard InChI is InChI=1S/C12H16N4O3/c17-9-2-1-3-14-11(9)12(19)15-8-10(18)16-6-4-13-5-7-16/h1-3,13,17H,4-8H2,(H,15,19). The van der Waals surface area contributed by atoms with Crippen LogP contribution in [-0.4, -0.2) is 59.5 Å². The highest BCUT2D eigenvalue weighted by molar-refractivity contribution is 5.96. The van der Waals surface area contributed by atoms with Crippen molar-refractivity contribution in [1.82, 2.24) is 20.5 Å². The average Bonchev–Trinajstić information content (AvgIpc) is 2.46. The minimum Gasteiger partial charge on any atom is -0.505 e. The molecule has 0 radical (unpaired) electrons. The highest BCUT2D eigenvalue weighted by Crippen LogP contribution is 2.11. The molecule has 1 saturated heterocycles. The molecule has 2 amide bonds. The van der Waals surface area contributed by atoms with E-state index in [0.29, 0.717) is 13.1 Å². The van der Waals surface area contributed by atoms with Crippen LogP contribution >= 0.6 is 0 Å². The summed E-state index contributed by atoms with van der Waals surface area (Å²) < 4.78 is 0. The van der Waals surface area contributed by atoms with Gasteiger partial charge < -0.3 is 20.6 Å². The maximum Gasteiger partial charge on any atom is 0.274 e. The first-order valence-corrected chi connectivity index (χ1v) is 6.09. The summed E-state index contributed by atoms with van der Waals surface area (Å²) in [5, 5.41) is 15.1. The van der Waals surface area contributed by atoms with E-state index in [1.54, 1.807) is 4.90 Å². The molecule has 0 atom stereocenters. The molecule has 7 heteroatoms. The molecule has 0 saturated carbocycles. The van der Waals surface area contributed by atoms with E-state index >= 15 is 0 Å². The van der Waals surface area contributed by atoms with Crippen LogP contribution in [0.2, 0.25) is 0 Å². The van der Waals surface area contributed by atoms with Crippen LogP contribution in [0.3, 0.4) is 0 Å². The largest absolute Gasteiger partial charge is 0.505 e. The number of rotatable bonds is 3. The Kier molecular flexibility index (Phi) is 4.30. The third-order valence-electron chi connectivity index (χ3n) is 2.87. The van der Waals surface area contributed by atoms with Gasteiger partial charge in [-0.1, -0.05) is 0 Å². The minimum atomic E-state index is -0.554. The molecular weight excluding hydrogens is 248 g/mol. The number of nitrogens with zero attached hydrogens (tertiary/aromatic N) is 2. The maximum absolute atomic E-state index is 11.8. The second-order valence-electron chi connectivity index (χ2n) is 4.18. The molecule has 2 heterocycles. The molecule has 0 aromatic carbocycles. The lowest BCUT2D eigenvalue weighted by Crippen LogP contribution is -2.49. The van der Waals surface area contributed by atoms with Gasteiger partial charge in [-0.25, -0.2) is 4.98 Å². The highest BCUT2D eigenvalue weighted by atomic mass is 16.3. The van der Waals surface area contributed by atoms with Crippen LogP contribution in [0.1, 0.15) is 10.5 Å². The van der Waals surface area contributed by atoms with Crippen molar-refractivity contribution in [2.24, 2.45) is 0 Å². The zero-order chi connectivity index (χ0) is 13.7. The van der Waals surface area contributed by atoms with E-state index in [1.165, 1.54) is 18.3 Å². The number of pyridine rings is 1. The second kappa shape index (κ2) is 6.14. The molecule has 0 aliphatic carbocycles. The smallest absolute Gasteiger partial charge is 0.274 e. The molecule has 102 valence electrons. The Morgan fingerprint density at radius 3 is 2.84 bits per heavy atom. The number of nitrogens with one attached hydrogen (secondary N) is 2. The van der Waals surface area contributed by atoms with Crippen molar-refractivity contribution in [3.8, 4) is 5.75 Å². The van der Waals surface area contributed by atoms with E-state index in [2.05, 4.69) is 15.6 Å². The van der Waals surface area contributed by atoms with Crippen LogP contribution in [0.5, 0.6) is 5.75 Å². The number of aromatic hydroxyl groups is 1. The van der Waals surface area contributed by atoms with Crippen molar-refractivity contribution in [2.75, 3.05) is 32.7 Å². The Morgan fingerprint density at radius 1 is 1.42 bits per heavy atom. The first kappa shape index (κ1) is 13.3. The Balaban J connectivity index is 1.86. The van der Waals surface area contributed by atoms with Crippen LogP contribution < -0.4 is 10.6 Å². The second-order valence-corrected chi connectivity index (χ2v) is 4.18. The Morgan fingerprint density at radius 2 is 2.16 bits per heavy atom. The third kappa shape index (κ3) is 3.41. The third-order valence-corrected chi connectivity index (χ3v) is 2.87. The molecule has 19 heavy (non-hydrogen) atoms. The normalized spacial score (nSPS) is 15.1. The van der Waals surface area contributed by atoms with E-state index in [9.17, 15) is 14.7 Å². The average molecular weight is 264 g/mol. The monoisotopic (exact) mass is 264 g/mol. The van der Waals surface area contributed by atoms with Crippen molar-refractivity contribution in [3.63, 3.8) is 0 Å². The summed E-state index contributed by atoms with van der Waals surface area (Å²) in [5.74, 6) is -0.888. The summed E-state index contributed by atoms with van der Waals surface area (Å²) in [6, 6.07) is 2.90. The summed E-state index contributed by atoms with van der Waals surface area (Å²) in [5.41, 5.74) is -0.0735. The Bertz CT molecular complexity index is 472. The SMILES string of the molecule is O=C(NCC(=O)N1CCNCC1)c1ncccc1O. The van der Waals surface area contributed by atoms with E-state index in [1.807, 2.05) is 0 Å². The fourth-order valence-electron chi connectivity index (χ4n) is 1.84. The van der Waals surface area contributed by atoms with E-state index in [4.69, 9.17) is 0 Å². The number of hydrogen-bond acceptors (Lipinski definition) is 5. The maximum atomic E-state index is 11.8. The van der Waals surface area contributed by atoms with Gasteiger partial charge in [0.2, 0.25) is 5.91 Å². The van der Waals surface area contributed by atoms with Gasteiger partial charge in [0, 0.05) is 32.4 Å². The lowest BCUT2D eigenvalue weighted by Gasteiger charge is -2.27. The number of carbonyl (C=O) groups excluding carboxylic acids is 2. The molecule has 1 aromatic rings. The van der Waals surface area contributed by atoms with Crippen molar-refractivity contribution < 1.29 is 14.7 Å². The lowest BCUT2D eigenvalue weighted by molar-refractivity contribution is -0.130. The summed E-state index contributed by atoms with van der Waals surface area (Å²) in [6.07, 6.45) is 1.41. The molecule has 7 nitrogen and oxygen atoms in total. The molecule has 1 aliphatic heterocycles. The predicted molar refractivity (Wildman–Crippen MR) is 67.7 cm³/mol. The van der Waals surface area contributed by atoms with Crippen molar-refractivity contribution in [1.29, 1.82) is 0 Å². The van der Waals surface area contributed by atoms with Gasteiger partial charge in [-0.2, -0.15) is 0 Å². The van der Waals surface area contributed by atoms with Crippen LogP contribution in [0.4, 0.5) is 0 Å². The van der Waals surface area contributed by atoms with Gasteiger partial charge in [-0.3, -0.25) is 9.59 Å². The van der Waals surface area contributed by atoms with Gasteiger partial charge in [0.25, 0.3) is 5.91 Å². The van der Waals surface area contributed by atoms with Gasteiger partial charge in [0.1, 0.15) is 5.75 Å². The van der Waals surface area contributed by atoms with Crippen molar-refractivity contribution in [2.45, 2.75) is 0 Å².